The van der Waals surface area contributed by atoms with Crippen LogP contribution in [0.2, 0.25) is 0 Å². The maximum Gasteiger partial charge on any atom is 0.271 e. The normalized spacial score (nSPS) is 10.3. The van der Waals surface area contributed by atoms with Crippen molar-refractivity contribution in [2.75, 3.05) is 11.9 Å². The van der Waals surface area contributed by atoms with E-state index in [0.29, 0.717) is 24.0 Å². The minimum absolute atomic E-state index is 0.197. The van der Waals surface area contributed by atoms with Crippen LogP contribution in [0.25, 0.3) is 0 Å². The van der Waals surface area contributed by atoms with Gasteiger partial charge in [-0.05, 0) is 18.1 Å². The summed E-state index contributed by atoms with van der Waals surface area (Å²) in [5.41, 5.74) is 1.25. The number of para-hydroxylation sites is 1. The zero-order valence-corrected chi connectivity index (χ0v) is 11.6. The average molecular weight is 270 g/mol. The number of nitrogens with zero attached hydrogens (tertiary/aromatic N) is 2. The van der Waals surface area contributed by atoms with Crippen molar-refractivity contribution in [1.29, 1.82) is 0 Å². The molecule has 0 aliphatic heterocycles. The molecule has 2 N–H and O–H groups in total. The molecule has 0 bridgehead atoms. The lowest BCUT2D eigenvalue weighted by Crippen LogP contribution is -2.28. The van der Waals surface area contributed by atoms with Gasteiger partial charge >= 0.3 is 0 Å². The lowest BCUT2D eigenvalue weighted by molar-refractivity contribution is 0.0943. The number of nitrogens with one attached hydrogen (secondary N) is 2. The van der Waals surface area contributed by atoms with E-state index in [4.69, 9.17) is 0 Å². The summed E-state index contributed by atoms with van der Waals surface area (Å²) >= 11 is 0. The van der Waals surface area contributed by atoms with E-state index in [1.807, 2.05) is 44.2 Å². The number of hydrogen-bond acceptors (Lipinski definition) is 4. The van der Waals surface area contributed by atoms with Gasteiger partial charge in [-0.1, -0.05) is 32.0 Å². The van der Waals surface area contributed by atoms with Crippen molar-refractivity contribution in [3.05, 3.63) is 48.4 Å². The fourth-order valence-corrected chi connectivity index (χ4v) is 1.57. The van der Waals surface area contributed by atoms with E-state index in [1.54, 1.807) is 6.20 Å². The van der Waals surface area contributed by atoms with Crippen molar-refractivity contribution >= 4 is 17.4 Å². The van der Waals surface area contributed by atoms with Crippen molar-refractivity contribution in [2.45, 2.75) is 13.8 Å². The Morgan fingerprint density at radius 2 is 1.90 bits per heavy atom. The molecule has 0 aliphatic rings. The molecule has 2 aromatic rings. The Morgan fingerprint density at radius 1 is 1.15 bits per heavy atom. The number of aromatic nitrogens is 2. The van der Waals surface area contributed by atoms with Crippen LogP contribution in [0.3, 0.4) is 0 Å². The maximum atomic E-state index is 11.8. The highest BCUT2D eigenvalue weighted by Crippen LogP contribution is 2.12. The molecule has 2 rings (SSSR count). The maximum absolute atomic E-state index is 11.8. The Balaban J connectivity index is 1.97. The van der Waals surface area contributed by atoms with Crippen molar-refractivity contribution in [1.82, 2.24) is 15.3 Å². The van der Waals surface area contributed by atoms with Gasteiger partial charge in [0.15, 0.2) is 0 Å². The molecule has 1 aromatic carbocycles. The SMILES string of the molecule is CC(C)CNC(=O)c1cnc(Nc2ccccc2)cn1. The van der Waals surface area contributed by atoms with Crippen LogP contribution in [-0.2, 0) is 0 Å². The third-order valence-electron chi connectivity index (χ3n) is 2.60. The van der Waals surface area contributed by atoms with E-state index in [2.05, 4.69) is 20.6 Å². The van der Waals surface area contributed by atoms with Gasteiger partial charge in [0, 0.05) is 12.2 Å². The highest BCUT2D eigenvalue weighted by atomic mass is 16.1. The number of rotatable bonds is 5. The number of carbonyl (C=O) groups is 1. The Hall–Kier alpha value is -2.43. The number of benzene rings is 1. The second-order valence-electron chi connectivity index (χ2n) is 4.88. The van der Waals surface area contributed by atoms with E-state index < -0.39 is 0 Å². The van der Waals surface area contributed by atoms with Gasteiger partial charge in [-0.15, -0.1) is 0 Å². The molecule has 0 unspecified atom stereocenters. The lowest BCUT2D eigenvalue weighted by atomic mass is 10.2. The van der Waals surface area contributed by atoms with Crippen LogP contribution in [0.15, 0.2) is 42.7 Å². The minimum atomic E-state index is -0.197. The summed E-state index contributed by atoms with van der Waals surface area (Å²) < 4.78 is 0. The molecule has 1 heterocycles. The lowest BCUT2D eigenvalue weighted by Gasteiger charge is -2.08. The summed E-state index contributed by atoms with van der Waals surface area (Å²) in [6.45, 7) is 4.71. The standard InChI is InChI=1S/C15H18N4O/c1-11(2)8-18-15(20)13-9-17-14(10-16-13)19-12-6-4-3-5-7-12/h3-7,9-11H,8H2,1-2H3,(H,17,19)(H,18,20). The van der Waals surface area contributed by atoms with Gasteiger partial charge in [-0.2, -0.15) is 0 Å². The van der Waals surface area contributed by atoms with Crippen molar-refractivity contribution < 1.29 is 4.79 Å². The van der Waals surface area contributed by atoms with E-state index in [0.717, 1.165) is 5.69 Å². The monoisotopic (exact) mass is 270 g/mol. The first kappa shape index (κ1) is 14.0. The van der Waals surface area contributed by atoms with Crippen LogP contribution >= 0.6 is 0 Å². The quantitative estimate of drug-likeness (QED) is 0.876. The molecule has 0 saturated heterocycles. The molecule has 0 fully saturated rings. The second kappa shape index (κ2) is 6.65. The predicted molar refractivity (Wildman–Crippen MR) is 78.9 cm³/mol. The minimum Gasteiger partial charge on any atom is -0.350 e. The van der Waals surface area contributed by atoms with Crippen LogP contribution in [-0.4, -0.2) is 22.4 Å². The molecule has 5 heteroatoms. The highest BCUT2D eigenvalue weighted by molar-refractivity contribution is 5.92. The molecule has 104 valence electrons. The third-order valence-corrected chi connectivity index (χ3v) is 2.60. The summed E-state index contributed by atoms with van der Waals surface area (Å²) in [6.07, 6.45) is 3.03. The molecule has 0 saturated carbocycles. The smallest absolute Gasteiger partial charge is 0.271 e. The first-order valence-corrected chi connectivity index (χ1v) is 6.57. The fourth-order valence-electron chi connectivity index (χ4n) is 1.57. The molecule has 1 aromatic heterocycles. The summed E-state index contributed by atoms with van der Waals surface area (Å²) in [5.74, 6) is 0.819. The van der Waals surface area contributed by atoms with Gasteiger partial charge in [0.05, 0.1) is 12.4 Å². The molecule has 0 radical (unpaired) electrons. The molecule has 0 spiro atoms. The molecular formula is C15H18N4O. The Morgan fingerprint density at radius 3 is 2.50 bits per heavy atom. The zero-order chi connectivity index (χ0) is 14.4. The van der Waals surface area contributed by atoms with Crippen LogP contribution < -0.4 is 10.6 Å². The Kier molecular flexibility index (Phi) is 4.65. The van der Waals surface area contributed by atoms with E-state index in [9.17, 15) is 4.79 Å². The largest absolute Gasteiger partial charge is 0.350 e. The average Bonchev–Trinajstić information content (AvgIpc) is 2.46. The van der Waals surface area contributed by atoms with Crippen LogP contribution in [0.4, 0.5) is 11.5 Å². The zero-order valence-electron chi connectivity index (χ0n) is 11.6. The van der Waals surface area contributed by atoms with E-state index in [1.165, 1.54) is 6.20 Å². The Bertz CT molecular complexity index is 552. The summed E-state index contributed by atoms with van der Waals surface area (Å²) in [6, 6.07) is 9.68. The molecular weight excluding hydrogens is 252 g/mol. The number of hydrogen-bond donors (Lipinski definition) is 2. The molecule has 0 atom stereocenters. The number of carbonyl (C=O) groups excluding carboxylic acids is 1. The number of anilines is 2. The summed E-state index contributed by atoms with van der Waals surface area (Å²) in [5, 5.41) is 5.92. The van der Waals surface area contributed by atoms with Crippen molar-refractivity contribution in [2.24, 2.45) is 5.92 Å². The molecule has 0 aliphatic carbocycles. The molecule has 20 heavy (non-hydrogen) atoms. The topological polar surface area (TPSA) is 66.9 Å². The first-order valence-electron chi connectivity index (χ1n) is 6.57. The molecule has 1 amide bonds. The van der Waals surface area contributed by atoms with Crippen LogP contribution in [0.1, 0.15) is 24.3 Å². The predicted octanol–water partition coefficient (Wildman–Crippen LogP) is 2.61. The highest BCUT2D eigenvalue weighted by Gasteiger charge is 2.08. The van der Waals surface area contributed by atoms with Gasteiger partial charge in [0.25, 0.3) is 5.91 Å². The van der Waals surface area contributed by atoms with E-state index >= 15 is 0 Å². The second-order valence-corrected chi connectivity index (χ2v) is 4.88. The van der Waals surface area contributed by atoms with E-state index in [-0.39, 0.29) is 5.91 Å². The molecule has 5 nitrogen and oxygen atoms in total. The number of amides is 1. The van der Waals surface area contributed by atoms with Gasteiger partial charge < -0.3 is 10.6 Å². The van der Waals surface area contributed by atoms with Gasteiger partial charge in [-0.25, -0.2) is 9.97 Å². The van der Waals surface area contributed by atoms with Gasteiger partial charge in [0.2, 0.25) is 0 Å². The fraction of sp³-hybridized carbons (Fsp3) is 0.267. The van der Waals surface area contributed by atoms with Crippen molar-refractivity contribution in [3.63, 3.8) is 0 Å². The third kappa shape index (κ3) is 4.05. The van der Waals surface area contributed by atoms with Crippen LogP contribution in [0.5, 0.6) is 0 Å². The van der Waals surface area contributed by atoms with Crippen LogP contribution in [0, 0.1) is 5.92 Å². The van der Waals surface area contributed by atoms with Crippen molar-refractivity contribution in [3.8, 4) is 0 Å². The Labute approximate surface area is 118 Å². The summed E-state index contributed by atoms with van der Waals surface area (Å²) in [4.78, 5) is 20.1. The van der Waals surface area contributed by atoms with Gasteiger partial charge in [0.1, 0.15) is 11.5 Å². The van der Waals surface area contributed by atoms with Gasteiger partial charge in [-0.3, -0.25) is 4.79 Å². The summed E-state index contributed by atoms with van der Waals surface area (Å²) in [7, 11) is 0. The first-order chi connectivity index (χ1) is 9.65.